The van der Waals surface area contributed by atoms with Crippen LogP contribution in [0.3, 0.4) is 0 Å². The van der Waals surface area contributed by atoms with Crippen molar-refractivity contribution in [3.63, 3.8) is 0 Å². The molecule has 11 aromatic rings. The lowest BCUT2D eigenvalue weighted by atomic mass is 9.94. The summed E-state index contributed by atoms with van der Waals surface area (Å²) in [6.07, 6.45) is 0. The molecule has 1 aromatic heterocycles. The summed E-state index contributed by atoms with van der Waals surface area (Å²) in [7, 11) is 0. The fourth-order valence-electron chi connectivity index (χ4n) is 8.67. The highest BCUT2D eigenvalue weighted by molar-refractivity contribution is 6.06. The maximum Gasteiger partial charge on any atom is 0.136 e. The summed E-state index contributed by atoms with van der Waals surface area (Å²) in [5.74, 6) is 0. The Kier molecular flexibility index (Phi) is 8.87. The summed E-state index contributed by atoms with van der Waals surface area (Å²) in [6, 6.07) is 84.9. The summed E-state index contributed by atoms with van der Waals surface area (Å²) < 4.78 is 6.26. The third kappa shape index (κ3) is 6.51. The summed E-state index contributed by atoms with van der Waals surface area (Å²) in [5.41, 5.74) is 16.8. The molecule has 0 saturated heterocycles. The Labute approximate surface area is 349 Å². The van der Waals surface area contributed by atoms with Gasteiger partial charge in [-0.1, -0.05) is 182 Å². The molecule has 11 rings (SSSR count). The summed E-state index contributed by atoms with van der Waals surface area (Å²) in [4.78, 5) is 2.38. The van der Waals surface area contributed by atoms with Gasteiger partial charge >= 0.3 is 0 Å². The average Bonchev–Trinajstić information content (AvgIpc) is 3.70. The second-order valence-corrected chi connectivity index (χ2v) is 15.3. The first-order chi connectivity index (χ1) is 29.7. The minimum atomic E-state index is 0.897. The van der Waals surface area contributed by atoms with Crippen molar-refractivity contribution in [3.05, 3.63) is 237 Å². The van der Waals surface area contributed by atoms with Gasteiger partial charge in [-0.15, -0.1) is 0 Å². The van der Waals surface area contributed by atoms with Gasteiger partial charge in [0, 0.05) is 27.7 Å². The summed E-state index contributed by atoms with van der Waals surface area (Å²) in [6.45, 7) is 0. The largest absolute Gasteiger partial charge is 0.456 e. The predicted molar refractivity (Wildman–Crippen MR) is 253 cm³/mol. The van der Waals surface area contributed by atoms with Crippen molar-refractivity contribution in [2.45, 2.75) is 0 Å². The standard InChI is InChI=1S/C58H39NO/c1-2-12-40(13-3-1)41-24-26-42(27-25-41)43-28-33-49(34-29-43)59(50-35-30-44(31-36-50)46-32-37-55-54-20-7-9-23-57(54)60-58(55)39-46)56-22-8-6-19-53(56)48-17-10-16-47(38-48)52-21-11-15-45-14-4-5-18-51(45)52/h1-39H. The van der Waals surface area contributed by atoms with Gasteiger partial charge in [-0.3, -0.25) is 0 Å². The number of hydrogen-bond donors (Lipinski definition) is 0. The Morgan fingerprint density at radius 3 is 1.47 bits per heavy atom. The third-order valence-corrected chi connectivity index (χ3v) is 11.7. The van der Waals surface area contributed by atoms with Crippen LogP contribution in [0.4, 0.5) is 17.1 Å². The van der Waals surface area contributed by atoms with Crippen molar-refractivity contribution < 1.29 is 4.42 Å². The molecule has 0 radical (unpaired) electrons. The Morgan fingerprint density at radius 1 is 0.267 bits per heavy atom. The number of benzene rings is 10. The van der Waals surface area contributed by atoms with Crippen LogP contribution in [0.25, 0.3) is 88.3 Å². The first kappa shape index (κ1) is 35.2. The SMILES string of the molecule is c1ccc(-c2ccc(-c3ccc(N(c4ccc(-c5ccc6c(c5)oc5ccccc56)cc4)c4ccccc4-c4cccc(-c5cccc6ccccc56)c4)cc3)cc2)cc1. The van der Waals surface area contributed by atoms with E-state index in [1.54, 1.807) is 0 Å². The molecule has 0 N–H and O–H groups in total. The van der Waals surface area contributed by atoms with Crippen molar-refractivity contribution in [2.24, 2.45) is 0 Å². The van der Waals surface area contributed by atoms with Gasteiger partial charge in [-0.05, 0) is 115 Å². The first-order valence-corrected chi connectivity index (χ1v) is 20.5. The van der Waals surface area contributed by atoms with Crippen molar-refractivity contribution in [1.82, 2.24) is 0 Å². The number of para-hydroxylation sites is 2. The van der Waals surface area contributed by atoms with Crippen LogP contribution in [0.5, 0.6) is 0 Å². The van der Waals surface area contributed by atoms with Crippen LogP contribution in [0.1, 0.15) is 0 Å². The Bertz CT molecular complexity index is 3280. The number of hydrogen-bond acceptors (Lipinski definition) is 2. The zero-order chi connectivity index (χ0) is 39.8. The molecule has 0 bridgehead atoms. The summed E-state index contributed by atoms with van der Waals surface area (Å²) in [5, 5.41) is 4.76. The monoisotopic (exact) mass is 765 g/mol. The van der Waals surface area contributed by atoms with Crippen molar-refractivity contribution in [1.29, 1.82) is 0 Å². The predicted octanol–water partition coefficient (Wildman–Crippen LogP) is 16.5. The normalized spacial score (nSPS) is 11.3. The molecule has 0 atom stereocenters. The molecule has 0 aliphatic rings. The number of furan rings is 1. The van der Waals surface area contributed by atoms with E-state index in [0.29, 0.717) is 0 Å². The Hall–Kier alpha value is -7.94. The molecule has 0 spiro atoms. The molecule has 2 nitrogen and oxygen atoms in total. The van der Waals surface area contributed by atoms with Crippen LogP contribution in [0, 0.1) is 0 Å². The van der Waals surface area contributed by atoms with E-state index in [1.165, 1.54) is 44.2 Å². The smallest absolute Gasteiger partial charge is 0.136 e. The highest BCUT2D eigenvalue weighted by Gasteiger charge is 2.19. The van der Waals surface area contributed by atoms with Gasteiger partial charge in [0.2, 0.25) is 0 Å². The lowest BCUT2D eigenvalue weighted by Crippen LogP contribution is -2.11. The van der Waals surface area contributed by atoms with E-state index in [4.69, 9.17) is 4.42 Å². The molecule has 0 aliphatic heterocycles. The minimum Gasteiger partial charge on any atom is -0.456 e. The van der Waals surface area contributed by atoms with Crippen LogP contribution in [0.15, 0.2) is 241 Å². The fraction of sp³-hybridized carbons (Fsp3) is 0. The molecule has 282 valence electrons. The molecule has 60 heavy (non-hydrogen) atoms. The fourth-order valence-corrected chi connectivity index (χ4v) is 8.67. The van der Waals surface area contributed by atoms with E-state index < -0.39 is 0 Å². The van der Waals surface area contributed by atoms with Crippen LogP contribution in [-0.2, 0) is 0 Å². The molecular weight excluding hydrogens is 727 g/mol. The average molecular weight is 766 g/mol. The molecule has 0 fully saturated rings. The van der Waals surface area contributed by atoms with Crippen molar-refractivity contribution in [3.8, 4) is 55.6 Å². The van der Waals surface area contributed by atoms with E-state index in [1.807, 2.05) is 12.1 Å². The molecule has 0 aliphatic carbocycles. The van der Waals surface area contributed by atoms with Crippen molar-refractivity contribution in [2.75, 3.05) is 4.90 Å². The van der Waals surface area contributed by atoms with E-state index in [-0.39, 0.29) is 0 Å². The lowest BCUT2D eigenvalue weighted by Gasteiger charge is -2.28. The second kappa shape index (κ2) is 15.1. The number of rotatable bonds is 8. The zero-order valence-corrected chi connectivity index (χ0v) is 32.9. The van der Waals surface area contributed by atoms with E-state index >= 15 is 0 Å². The maximum atomic E-state index is 6.26. The molecule has 0 unspecified atom stereocenters. The third-order valence-electron chi connectivity index (χ3n) is 11.7. The van der Waals surface area contributed by atoms with Gasteiger partial charge in [-0.2, -0.15) is 0 Å². The Balaban J connectivity index is 0.995. The maximum absolute atomic E-state index is 6.26. The van der Waals surface area contributed by atoms with Crippen LogP contribution in [-0.4, -0.2) is 0 Å². The topological polar surface area (TPSA) is 16.4 Å². The quantitative estimate of drug-likeness (QED) is 0.153. The van der Waals surface area contributed by atoms with Gasteiger partial charge in [0.15, 0.2) is 0 Å². The van der Waals surface area contributed by atoms with Crippen LogP contribution in [0.2, 0.25) is 0 Å². The molecule has 1 heterocycles. The first-order valence-electron chi connectivity index (χ1n) is 20.5. The zero-order valence-electron chi connectivity index (χ0n) is 32.9. The van der Waals surface area contributed by atoms with Crippen LogP contribution < -0.4 is 4.90 Å². The van der Waals surface area contributed by atoms with E-state index in [2.05, 4.69) is 229 Å². The minimum absolute atomic E-state index is 0.897. The second-order valence-electron chi connectivity index (χ2n) is 15.3. The number of anilines is 3. The highest BCUT2D eigenvalue weighted by Crippen LogP contribution is 2.43. The van der Waals surface area contributed by atoms with Gasteiger partial charge < -0.3 is 9.32 Å². The molecule has 0 amide bonds. The number of fused-ring (bicyclic) bond motifs is 4. The lowest BCUT2D eigenvalue weighted by molar-refractivity contribution is 0.669. The van der Waals surface area contributed by atoms with Gasteiger partial charge in [0.25, 0.3) is 0 Å². The van der Waals surface area contributed by atoms with Crippen LogP contribution >= 0.6 is 0 Å². The van der Waals surface area contributed by atoms with Gasteiger partial charge in [0.05, 0.1) is 5.69 Å². The molecular formula is C58H39NO. The van der Waals surface area contributed by atoms with Crippen molar-refractivity contribution >= 4 is 49.8 Å². The summed E-state index contributed by atoms with van der Waals surface area (Å²) >= 11 is 0. The Morgan fingerprint density at radius 2 is 0.733 bits per heavy atom. The molecule has 0 saturated carbocycles. The molecule has 10 aromatic carbocycles. The van der Waals surface area contributed by atoms with Gasteiger partial charge in [0.1, 0.15) is 11.2 Å². The highest BCUT2D eigenvalue weighted by atomic mass is 16.3. The number of nitrogens with zero attached hydrogens (tertiary/aromatic N) is 1. The van der Waals surface area contributed by atoms with Gasteiger partial charge in [-0.25, -0.2) is 0 Å². The molecule has 2 heteroatoms. The van der Waals surface area contributed by atoms with E-state index in [9.17, 15) is 0 Å². The van der Waals surface area contributed by atoms with E-state index in [0.717, 1.165) is 61.3 Å².